The van der Waals surface area contributed by atoms with Gasteiger partial charge in [-0.1, -0.05) is 35.0 Å². The van der Waals surface area contributed by atoms with E-state index in [0.29, 0.717) is 11.6 Å². The first-order valence-corrected chi connectivity index (χ1v) is 7.21. The van der Waals surface area contributed by atoms with Crippen molar-refractivity contribution in [2.45, 2.75) is 11.6 Å². The number of halogens is 1. The summed E-state index contributed by atoms with van der Waals surface area (Å²) in [4.78, 5) is 8.42. The van der Waals surface area contributed by atoms with Crippen LogP contribution in [-0.4, -0.2) is 31.2 Å². The van der Waals surface area contributed by atoms with E-state index in [0.717, 1.165) is 21.8 Å². The first-order chi connectivity index (χ1) is 9.29. The van der Waals surface area contributed by atoms with Gasteiger partial charge in [0.1, 0.15) is 11.4 Å². The highest BCUT2D eigenvalue weighted by Gasteiger charge is 2.11. The molecular weight excluding hydrogens is 282 g/mol. The Morgan fingerprint density at radius 2 is 2.11 bits per heavy atom. The van der Waals surface area contributed by atoms with Gasteiger partial charge in [0.15, 0.2) is 11.2 Å². The van der Waals surface area contributed by atoms with Crippen molar-refractivity contribution in [2.75, 3.05) is 6.26 Å². The van der Waals surface area contributed by atoms with E-state index < -0.39 is 0 Å². The van der Waals surface area contributed by atoms with Gasteiger partial charge in [-0.15, -0.1) is 16.9 Å². The van der Waals surface area contributed by atoms with Gasteiger partial charge in [-0.2, -0.15) is 0 Å². The van der Waals surface area contributed by atoms with E-state index in [1.165, 1.54) is 18.1 Å². The Hall–Kier alpha value is -1.66. The van der Waals surface area contributed by atoms with Gasteiger partial charge in [-0.3, -0.25) is 0 Å². The highest BCUT2D eigenvalue weighted by molar-refractivity contribution is 7.98. The second kappa shape index (κ2) is 5.14. The zero-order valence-electron chi connectivity index (χ0n) is 10.1. The summed E-state index contributed by atoms with van der Waals surface area (Å²) >= 11 is 7.68. The molecule has 2 heterocycles. The number of nitrogens with zero attached hydrogens (tertiary/aromatic N) is 5. The number of thioether (sulfide) groups is 1. The van der Waals surface area contributed by atoms with Gasteiger partial charge < -0.3 is 0 Å². The lowest BCUT2D eigenvalue weighted by Crippen LogP contribution is -2.03. The molecule has 96 valence electrons. The van der Waals surface area contributed by atoms with Gasteiger partial charge in [0.25, 0.3) is 0 Å². The van der Waals surface area contributed by atoms with Crippen molar-refractivity contribution in [2.24, 2.45) is 0 Å². The van der Waals surface area contributed by atoms with Crippen LogP contribution in [0, 0.1) is 0 Å². The predicted molar refractivity (Wildman–Crippen MR) is 75.5 cm³/mol. The van der Waals surface area contributed by atoms with E-state index >= 15 is 0 Å². The maximum absolute atomic E-state index is 6.15. The molecule has 0 saturated carbocycles. The fourth-order valence-corrected chi connectivity index (χ4v) is 2.49. The summed E-state index contributed by atoms with van der Waals surface area (Å²) in [6.45, 7) is 0.543. The lowest BCUT2D eigenvalue weighted by atomic mass is 10.2. The molecular formula is C12H10ClN5S. The minimum absolute atomic E-state index is 0.543. The summed E-state index contributed by atoms with van der Waals surface area (Å²) in [6, 6.07) is 7.67. The minimum Gasteiger partial charge on any atom is -0.227 e. The third-order valence-electron chi connectivity index (χ3n) is 2.74. The SMILES string of the molecule is CSc1ncnc2c1nnn2Cc1ccccc1Cl. The minimum atomic E-state index is 0.543. The molecule has 0 unspecified atom stereocenters. The molecule has 0 N–H and O–H groups in total. The monoisotopic (exact) mass is 291 g/mol. The van der Waals surface area contributed by atoms with E-state index in [9.17, 15) is 0 Å². The van der Waals surface area contributed by atoms with Crippen molar-refractivity contribution >= 4 is 34.5 Å². The Balaban J connectivity index is 2.05. The molecule has 0 atom stereocenters. The van der Waals surface area contributed by atoms with Crippen molar-refractivity contribution < 1.29 is 0 Å². The van der Waals surface area contributed by atoms with Crippen molar-refractivity contribution in [3.8, 4) is 0 Å². The molecule has 0 spiro atoms. The molecule has 0 fully saturated rings. The molecule has 3 aromatic rings. The quantitative estimate of drug-likeness (QED) is 0.548. The number of aromatic nitrogens is 5. The molecule has 19 heavy (non-hydrogen) atoms. The largest absolute Gasteiger partial charge is 0.227 e. The Morgan fingerprint density at radius 1 is 1.26 bits per heavy atom. The highest BCUT2D eigenvalue weighted by Crippen LogP contribution is 2.21. The van der Waals surface area contributed by atoms with Crippen LogP contribution in [0.1, 0.15) is 5.56 Å². The fourth-order valence-electron chi connectivity index (χ4n) is 1.82. The third kappa shape index (κ3) is 2.29. The molecule has 0 aliphatic heterocycles. The van der Waals surface area contributed by atoms with Crippen molar-refractivity contribution in [3.63, 3.8) is 0 Å². The summed E-state index contributed by atoms with van der Waals surface area (Å²) < 4.78 is 1.73. The van der Waals surface area contributed by atoms with Gasteiger partial charge in [0, 0.05) is 5.02 Å². The summed E-state index contributed by atoms with van der Waals surface area (Å²) in [5.74, 6) is 0. The van der Waals surface area contributed by atoms with Gasteiger partial charge in [-0.25, -0.2) is 14.6 Å². The Bertz CT molecular complexity index is 727. The van der Waals surface area contributed by atoms with Crippen LogP contribution in [0.5, 0.6) is 0 Å². The van der Waals surface area contributed by atoms with Crippen molar-refractivity contribution in [1.29, 1.82) is 0 Å². The van der Waals surface area contributed by atoms with Crippen molar-refractivity contribution in [1.82, 2.24) is 25.0 Å². The van der Waals surface area contributed by atoms with E-state index in [-0.39, 0.29) is 0 Å². The molecule has 7 heteroatoms. The lowest BCUT2D eigenvalue weighted by molar-refractivity contribution is 0.664. The Kier molecular flexibility index (Phi) is 3.35. The molecule has 1 aromatic carbocycles. The molecule has 0 saturated heterocycles. The molecule has 0 aliphatic carbocycles. The molecule has 0 radical (unpaired) electrons. The van der Waals surface area contributed by atoms with Gasteiger partial charge in [0.05, 0.1) is 6.54 Å². The van der Waals surface area contributed by atoms with E-state index in [4.69, 9.17) is 11.6 Å². The number of rotatable bonds is 3. The third-order valence-corrected chi connectivity index (χ3v) is 3.79. The summed E-state index contributed by atoms with van der Waals surface area (Å²) in [6.07, 6.45) is 3.48. The van der Waals surface area contributed by atoms with E-state index in [1.807, 2.05) is 30.5 Å². The van der Waals surface area contributed by atoms with Gasteiger partial charge in [0.2, 0.25) is 0 Å². The first-order valence-electron chi connectivity index (χ1n) is 5.61. The zero-order valence-corrected chi connectivity index (χ0v) is 11.7. The smallest absolute Gasteiger partial charge is 0.183 e. The molecule has 0 amide bonds. The second-order valence-corrected chi connectivity index (χ2v) is 5.10. The Labute approximate surface area is 119 Å². The van der Waals surface area contributed by atoms with Crippen LogP contribution in [-0.2, 0) is 6.54 Å². The average molecular weight is 292 g/mol. The van der Waals surface area contributed by atoms with Crippen LogP contribution in [0.4, 0.5) is 0 Å². The van der Waals surface area contributed by atoms with E-state index in [1.54, 1.807) is 4.68 Å². The molecule has 2 aromatic heterocycles. The number of hydrogen-bond donors (Lipinski definition) is 0. The molecule has 5 nitrogen and oxygen atoms in total. The molecule has 3 rings (SSSR count). The van der Waals surface area contributed by atoms with E-state index in [2.05, 4.69) is 20.3 Å². The van der Waals surface area contributed by atoms with Crippen LogP contribution in [0.3, 0.4) is 0 Å². The topological polar surface area (TPSA) is 56.5 Å². The maximum Gasteiger partial charge on any atom is 0.183 e. The van der Waals surface area contributed by atoms with Gasteiger partial charge >= 0.3 is 0 Å². The van der Waals surface area contributed by atoms with Crippen LogP contribution < -0.4 is 0 Å². The fraction of sp³-hybridized carbons (Fsp3) is 0.167. The van der Waals surface area contributed by atoms with Crippen LogP contribution >= 0.6 is 23.4 Å². The average Bonchev–Trinajstić information content (AvgIpc) is 2.84. The first kappa shape index (κ1) is 12.4. The standard InChI is InChI=1S/C12H10ClN5S/c1-19-12-10-11(14-7-15-12)18(17-16-10)6-8-4-2-3-5-9(8)13/h2-5,7H,6H2,1H3. The van der Waals surface area contributed by atoms with Crippen LogP contribution in [0.2, 0.25) is 5.02 Å². The van der Waals surface area contributed by atoms with Crippen LogP contribution in [0.25, 0.3) is 11.2 Å². The summed E-state index contributed by atoms with van der Waals surface area (Å²) in [5, 5.41) is 9.81. The lowest BCUT2D eigenvalue weighted by Gasteiger charge is -2.04. The number of fused-ring (bicyclic) bond motifs is 1. The summed E-state index contributed by atoms with van der Waals surface area (Å²) in [7, 11) is 0. The number of benzene rings is 1. The summed E-state index contributed by atoms with van der Waals surface area (Å²) in [5.41, 5.74) is 2.43. The highest BCUT2D eigenvalue weighted by atomic mass is 35.5. The number of hydrogen-bond acceptors (Lipinski definition) is 5. The molecule has 0 bridgehead atoms. The predicted octanol–water partition coefficient (Wildman–Crippen LogP) is 2.64. The zero-order chi connectivity index (χ0) is 13.2. The normalized spacial score (nSPS) is 11.1. The Morgan fingerprint density at radius 3 is 2.89 bits per heavy atom. The van der Waals surface area contributed by atoms with Crippen LogP contribution in [0.15, 0.2) is 35.6 Å². The maximum atomic E-state index is 6.15. The van der Waals surface area contributed by atoms with Crippen molar-refractivity contribution in [3.05, 3.63) is 41.2 Å². The molecule has 0 aliphatic rings. The van der Waals surface area contributed by atoms with Gasteiger partial charge in [-0.05, 0) is 17.9 Å². The second-order valence-electron chi connectivity index (χ2n) is 3.89.